The predicted octanol–water partition coefficient (Wildman–Crippen LogP) is 2.91. The molecule has 0 saturated heterocycles. The van der Waals surface area contributed by atoms with Gasteiger partial charge >= 0.3 is 0 Å². The van der Waals surface area contributed by atoms with E-state index >= 15 is 0 Å². The van der Waals surface area contributed by atoms with E-state index in [2.05, 4.69) is 5.32 Å². The number of rotatable bonds is 5. The lowest BCUT2D eigenvalue weighted by atomic mass is 10.2. The van der Waals surface area contributed by atoms with Crippen LogP contribution >= 0.6 is 11.6 Å². The highest BCUT2D eigenvalue weighted by atomic mass is 35.5. The van der Waals surface area contributed by atoms with E-state index in [1.165, 1.54) is 24.6 Å². The van der Waals surface area contributed by atoms with Crippen molar-refractivity contribution in [1.29, 1.82) is 0 Å². The summed E-state index contributed by atoms with van der Waals surface area (Å²) in [4.78, 5) is 12.9. The minimum atomic E-state index is -3.58. The van der Waals surface area contributed by atoms with Crippen molar-refractivity contribution in [1.82, 2.24) is 0 Å². The highest BCUT2D eigenvalue weighted by Gasteiger charge is 2.31. The zero-order chi connectivity index (χ0) is 21.2. The lowest BCUT2D eigenvalue weighted by Gasteiger charge is -2.21. The maximum absolute atomic E-state index is 12.9. The number of benzene rings is 2. The van der Waals surface area contributed by atoms with Gasteiger partial charge in [-0.05, 0) is 30.3 Å². The van der Waals surface area contributed by atoms with Gasteiger partial charge in [-0.3, -0.25) is 9.10 Å². The smallest absolute Gasteiger partial charge is 0.265 e. The molecule has 1 heterocycles. The number of nitrogens with zero attached hydrogens (tertiary/aromatic N) is 1. The molecule has 3 rings (SSSR count). The first-order valence-electron chi connectivity index (χ1n) is 8.69. The first-order chi connectivity index (χ1) is 13.7. The molecule has 2 aromatic carbocycles. The maximum Gasteiger partial charge on any atom is 0.265 e. The summed E-state index contributed by atoms with van der Waals surface area (Å²) in [5, 5.41) is 3.13. The van der Waals surface area contributed by atoms with Crippen molar-refractivity contribution in [3.05, 3.63) is 41.4 Å². The molecular formula is C19H21ClN2O6S. The number of carbonyl (C=O) groups is 1. The third-order valence-electron chi connectivity index (χ3n) is 4.41. The Morgan fingerprint density at radius 2 is 1.97 bits per heavy atom. The molecule has 0 radical (unpaired) electrons. The summed E-state index contributed by atoms with van der Waals surface area (Å²) in [6.45, 7) is 0.0690. The summed E-state index contributed by atoms with van der Waals surface area (Å²) < 4.78 is 42.0. The molecule has 1 aliphatic heterocycles. The van der Waals surface area contributed by atoms with Crippen LogP contribution in [-0.2, 0) is 14.8 Å². The van der Waals surface area contributed by atoms with Crippen LogP contribution in [0.15, 0.2) is 36.4 Å². The van der Waals surface area contributed by atoms with E-state index in [1.54, 1.807) is 30.3 Å². The van der Waals surface area contributed by atoms with Gasteiger partial charge in [0, 0.05) is 24.1 Å². The monoisotopic (exact) mass is 440 g/mol. The van der Waals surface area contributed by atoms with Gasteiger partial charge in [-0.2, -0.15) is 0 Å². The number of anilines is 2. The molecule has 0 aliphatic carbocycles. The highest BCUT2D eigenvalue weighted by molar-refractivity contribution is 7.92. The number of nitrogens with one attached hydrogen (secondary N) is 1. The van der Waals surface area contributed by atoms with Crippen LogP contribution in [-0.4, -0.2) is 47.4 Å². The molecule has 8 nitrogen and oxygen atoms in total. The Morgan fingerprint density at radius 3 is 2.62 bits per heavy atom. The second kappa shape index (κ2) is 8.38. The molecule has 1 aliphatic rings. The first kappa shape index (κ1) is 21.1. The van der Waals surface area contributed by atoms with E-state index in [-0.39, 0.29) is 18.7 Å². The quantitative estimate of drug-likeness (QED) is 0.768. The van der Waals surface area contributed by atoms with Crippen molar-refractivity contribution in [3.8, 4) is 17.2 Å². The normalized spacial score (nSPS) is 16.3. The fourth-order valence-electron chi connectivity index (χ4n) is 3.01. The van der Waals surface area contributed by atoms with Gasteiger partial charge in [0.15, 0.2) is 6.10 Å². The average Bonchev–Trinajstić information content (AvgIpc) is 2.87. The van der Waals surface area contributed by atoms with Crippen molar-refractivity contribution in [2.45, 2.75) is 12.5 Å². The summed E-state index contributed by atoms with van der Waals surface area (Å²) >= 11 is 6.03. The molecule has 0 bridgehead atoms. The molecule has 1 N–H and O–H groups in total. The predicted molar refractivity (Wildman–Crippen MR) is 111 cm³/mol. The fourth-order valence-corrected chi connectivity index (χ4v) is 4.11. The molecule has 0 aromatic heterocycles. The first-order valence-corrected chi connectivity index (χ1v) is 10.9. The van der Waals surface area contributed by atoms with Gasteiger partial charge in [0.05, 0.1) is 31.9 Å². The highest BCUT2D eigenvalue weighted by Crippen LogP contribution is 2.37. The molecule has 1 amide bonds. The summed E-state index contributed by atoms with van der Waals surface area (Å²) in [5.41, 5.74) is 0.718. The van der Waals surface area contributed by atoms with Gasteiger partial charge < -0.3 is 19.5 Å². The Labute approximate surface area is 174 Å². The topological polar surface area (TPSA) is 94.2 Å². The van der Waals surface area contributed by atoms with E-state index in [9.17, 15) is 13.2 Å². The Bertz CT molecular complexity index is 1030. The Kier molecular flexibility index (Phi) is 6.09. The van der Waals surface area contributed by atoms with Crippen LogP contribution in [0.4, 0.5) is 11.4 Å². The molecule has 0 fully saturated rings. The maximum atomic E-state index is 12.9. The minimum absolute atomic E-state index is 0.0690. The van der Waals surface area contributed by atoms with Crippen LogP contribution in [0.2, 0.25) is 5.02 Å². The summed E-state index contributed by atoms with van der Waals surface area (Å²) in [6.07, 6.45) is 0.328. The van der Waals surface area contributed by atoms with E-state index in [0.29, 0.717) is 27.9 Å². The largest absolute Gasteiger partial charge is 0.497 e. The second-order valence-corrected chi connectivity index (χ2v) is 8.74. The number of fused-ring (bicyclic) bond motifs is 1. The van der Waals surface area contributed by atoms with E-state index < -0.39 is 22.0 Å². The van der Waals surface area contributed by atoms with Crippen molar-refractivity contribution >= 4 is 38.9 Å². The molecule has 29 heavy (non-hydrogen) atoms. The Hall–Kier alpha value is -2.65. The summed E-state index contributed by atoms with van der Waals surface area (Å²) in [7, 11) is -0.573. The molecule has 1 atom stereocenters. The fraction of sp³-hybridized carbons (Fsp3) is 0.316. The van der Waals surface area contributed by atoms with Gasteiger partial charge in [0.2, 0.25) is 10.0 Å². The second-order valence-electron chi connectivity index (χ2n) is 6.40. The molecule has 156 valence electrons. The van der Waals surface area contributed by atoms with Gasteiger partial charge in [-0.15, -0.1) is 0 Å². The number of sulfonamides is 1. The molecule has 0 unspecified atom stereocenters. The number of ether oxygens (including phenoxy) is 3. The number of amides is 1. The van der Waals surface area contributed by atoms with Crippen molar-refractivity contribution in [2.75, 3.05) is 36.6 Å². The van der Waals surface area contributed by atoms with Crippen LogP contribution in [0, 0.1) is 0 Å². The third-order valence-corrected chi connectivity index (χ3v) is 5.83. The third kappa shape index (κ3) is 4.68. The number of hydrogen-bond acceptors (Lipinski definition) is 6. The van der Waals surface area contributed by atoms with E-state index in [1.807, 2.05) is 0 Å². The van der Waals surface area contributed by atoms with E-state index in [4.69, 9.17) is 25.8 Å². The molecule has 10 heteroatoms. The van der Waals surface area contributed by atoms with Crippen LogP contribution in [0.1, 0.15) is 6.42 Å². The number of halogens is 1. The van der Waals surface area contributed by atoms with Gasteiger partial charge in [0.25, 0.3) is 5.91 Å². The SMILES string of the molecule is COc1ccc(OC)c(NC(=O)[C@H]2CCN(S(C)(=O)=O)c3cc(Cl)ccc3O2)c1. The zero-order valence-corrected chi connectivity index (χ0v) is 17.7. The molecule has 0 saturated carbocycles. The number of hydrogen-bond donors (Lipinski definition) is 1. The number of methoxy groups -OCH3 is 2. The lowest BCUT2D eigenvalue weighted by Crippen LogP contribution is -2.36. The number of carbonyl (C=O) groups excluding carboxylic acids is 1. The minimum Gasteiger partial charge on any atom is -0.497 e. The summed E-state index contributed by atoms with van der Waals surface area (Å²) in [5.74, 6) is 0.826. The Morgan fingerprint density at radius 1 is 1.21 bits per heavy atom. The van der Waals surface area contributed by atoms with Crippen molar-refractivity contribution < 1.29 is 27.4 Å². The average molecular weight is 441 g/mol. The van der Waals surface area contributed by atoms with Crippen molar-refractivity contribution in [3.63, 3.8) is 0 Å². The van der Waals surface area contributed by atoms with E-state index in [0.717, 1.165) is 6.26 Å². The van der Waals surface area contributed by atoms with Crippen LogP contribution in [0.3, 0.4) is 0 Å². The zero-order valence-electron chi connectivity index (χ0n) is 16.1. The van der Waals surface area contributed by atoms with Crippen LogP contribution in [0.25, 0.3) is 0 Å². The molecule has 0 spiro atoms. The van der Waals surface area contributed by atoms with Gasteiger partial charge in [-0.25, -0.2) is 8.42 Å². The van der Waals surface area contributed by atoms with Crippen LogP contribution < -0.4 is 23.8 Å². The Balaban J connectivity index is 1.89. The van der Waals surface area contributed by atoms with Crippen LogP contribution in [0.5, 0.6) is 17.2 Å². The van der Waals surface area contributed by atoms with Crippen molar-refractivity contribution in [2.24, 2.45) is 0 Å². The molecular weight excluding hydrogens is 420 g/mol. The van der Waals surface area contributed by atoms with Gasteiger partial charge in [-0.1, -0.05) is 11.6 Å². The molecule has 2 aromatic rings. The van der Waals surface area contributed by atoms with Gasteiger partial charge in [0.1, 0.15) is 17.2 Å². The lowest BCUT2D eigenvalue weighted by molar-refractivity contribution is -0.122. The standard InChI is InChI=1S/C19H21ClN2O6S/c1-26-13-5-7-16(27-2)14(11-13)21-19(23)18-8-9-22(29(3,24)25)15-10-12(20)4-6-17(15)28-18/h4-7,10-11,18H,8-9H2,1-3H3,(H,21,23)/t18-/m1/s1. The summed E-state index contributed by atoms with van der Waals surface area (Å²) in [6, 6.07) is 9.64.